The van der Waals surface area contributed by atoms with Gasteiger partial charge in [0.25, 0.3) is 0 Å². The number of hydrogen-bond donors (Lipinski definition) is 1. The molecule has 1 aromatic rings. The maximum Gasteiger partial charge on any atom is 0.153 e. The van der Waals surface area contributed by atoms with Crippen LogP contribution in [0.4, 0.5) is 0 Å². The molecule has 0 atom stereocenters. The van der Waals surface area contributed by atoms with Crippen LogP contribution in [0.25, 0.3) is 0 Å². The van der Waals surface area contributed by atoms with Gasteiger partial charge in [0.05, 0.1) is 11.4 Å². The molecule has 5 heteroatoms. The normalized spacial score (nSPS) is 12.4. The van der Waals surface area contributed by atoms with Gasteiger partial charge in [0, 0.05) is 19.3 Å². The quantitative estimate of drug-likeness (QED) is 0.801. The molecule has 0 amide bonds. The Morgan fingerprint density at radius 3 is 2.60 bits per heavy atom. The van der Waals surface area contributed by atoms with Crippen LogP contribution in [0, 0.1) is 0 Å². The van der Waals surface area contributed by atoms with E-state index in [0.717, 1.165) is 17.7 Å². The van der Waals surface area contributed by atoms with Gasteiger partial charge in [-0.1, -0.05) is 19.1 Å². The second-order valence-corrected chi connectivity index (χ2v) is 8.28. The van der Waals surface area contributed by atoms with Crippen molar-refractivity contribution in [2.24, 2.45) is 0 Å². The monoisotopic (exact) mass is 299 g/mol. The summed E-state index contributed by atoms with van der Waals surface area (Å²) in [6.45, 7) is 7.29. The summed E-state index contributed by atoms with van der Waals surface area (Å²) in [5.41, 5.74) is 1.09. The summed E-state index contributed by atoms with van der Waals surface area (Å²) < 4.78 is 28.0. The molecule has 0 spiro atoms. The van der Waals surface area contributed by atoms with Crippen LogP contribution in [0.15, 0.2) is 24.3 Å². The van der Waals surface area contributed by atoms with Crippen molar-refractivity contribution in [1.29, 1.82) is 0 Å². The number of sulfone groups is 1. The number of rotatable bonds is 8. The summed E-state index contributed by atoms with van der Waals surface area (Å²) in [5.74, 6) is 0.855. The maximum absolute atomic E-state index is 11.6. The molecule has 0 heterocycles. The third kappa shape index (κ3) is 5.13. The SMILES string of the molecule is CCCOc1cccc(CNCC(C)(C)S(C)(=O)=O)c1. The van der Waals surface area contributed by atoms with Crippen LogP contribution in [0.3, 0.4) is 0 Å². The van der Waals surface area contributed by atoms with Gasteiger partial charge in [-0.15, -0.1) is 0 Å². The minimum atomic E-state index is -3.06. The standard InChI is InChI=1S/C15H25NO3S/c1-5-9-19-14-8-6-7-13(10-14)11-16-12-15(2,3)20(4,17)18/h6-8,10,16H,5,9,11-12H2,1-4H3. The van der Waals surface area contributed by atoms with Gasteiger partial charge in [0.2, 0.25) is 0 Å². The van der Waals surface area contributed by atoms with E-state index in [4.69, 9.17) is 4.74 Å². The first-order valence-electron chi connectivity index (χ1n) is 6.88. The van der Waals surface area contributed by atoms with Crippen molar-refractivity contribution in [3.63, 3.8) is 0 Å². The zero-order chi connectivity index (χ0) is 15.2. The average Bonchev–Trinajstić information content (AvgIpc) is 2.35. The molecule has 20 heavy (non-hydrogen) atoms. The molecule has 0 aliphatic rings. The third-order valence-electron chi connectivity index (χ3n) is 3.25. The molecular weight excluding hydrogens is 274 g/mol. The molecular formula is C15H25NO3S. The molecule has 0 radical (unpaired) electrons. The lowest BCUT2D eigenvalue weighted by Crippen LogP contribution is -2.41. The van der Waals surface area contributed by atoms with Gasteiger partial charge >= 0.3 is 0 Å². The van der Waals surface area contributed by atoms with Crippen LogP contribution >= 0.6 is 0 Å². The van der Waals surface area contributed by atoms with Crippen LogP contribution in [-0.4, -0.2) is 32.6 Å². The average molecular weight is 299 g/mol. The molecule has 0 aliphatic heterocycles. The van der Waals surface area contributed by atoms with Crippen molar-refractivity contribution in [3.05, 3.63) is 29.8 Å². The maximum atomic E-state index is 11.6. The minimum absolute atomic E-state index is 0.422. The van der Waals surface area contributed by atoms with Gasteiger partial charge in [-0.2, -0.15) is 0 Å². The Balaban J connectivity index is 2.54. The van der Waals surface area contributed by atoms with E-state index >= 15 is 0 Å². The highest BCUT2D eigenvalue weighted by atomic mass is 32.2. The van der Waals surface area contributed by atoms with E-state index in [1.807, 2.05) is 24.3 Å². The van der Waals surface area contributed by atoms with Crippen LogP contribution in [0.1, 0.15) is 32.8 Å². The molecule has 0 saturated carbocycles. The second kappa shape index (κ2) is 7.09. The summed E-state index contributed by atoms with van der Waals surface area (Å²) >= 11 is 0. The minimum Gasteiger partial charge on any atom is -0.494 e. The summed E-state index contributed by atoms with van der Waals surface area (Å²) in [6, 6.07) is 7.86. The van der Waals surface area contributed by atoms with E-state index in [9.17, 15) is 8.42 Å². The highest BCUT2D eigenvalue weighted by Crippen LogP contribution is 2.15. The first-order chi connectivity index (χ1) is 9.26. The van der Waals surface area contributed by atoms with E-state index in [-0.39, 0.29) is 0 Å². The molecule has 4 nitrogen and oxygen atoms in total. The summed E-state index contributed by atoms with van der Waals surface area (Å²) in [5, 5.41) is 3.20. The topological polar surface area (TPSA) is 55.4 Å². The lowest BCUT2D eigenvalue weighted by molar-refractivity contribution is 0.317. The summed E-state index contributed by atoms with van der Waals surface area (Å²) in [7, 11) is -3.06. The molecule has 0 bridgehead atoms. The Bertz CT molecular complexity index is 524. The molecule has 0 fully saturated rings. The smallest absolute Gasteiger partial charge is 0.153 e. The van der Waals surface area contributed by atoms with Gasteiger partial charge in [-0.3, -0.25) is 0 Å². The highest BCUT2D eigenvalue weighted by molar-refractivity contribution is 7.92. The van der Waals surface area contributed by atoms with Crippen molar-refractivity contribution in [1.82, 2.24) is 5.32 Å². The van der Waals surface area contributed by atoms with Crippen molar-refractivity contribution < 1.29 is 13.2 Å². The van der Waals surface area contributed by atoms with E-state index < -0.39 is 14.6 Å². The predicted octanol–water partition coefficient (Wildman–Crippen LogP) is 2.39. The molecule has 1 N–H and O–H groups in total. The fourth-order valence-electron chi connectivity index (χ4n) is 1.60. The third-order valence-corrected chi connectivity index (χ3v) is 5.41. The molecule has 1 aromatic carbocycles. The Morgan fingerprint density at radius 1 is 1.30 bits per heavy atom. The number of hydrogen-bond acceptors (Lipinski definition) is 4. The Kier molecular flexibility index (Phi) is 6.02. The van der Waals surface area contributed by atoms with Crippen LogP contribution in [-0.2, 0) is 16.4 Å². The van der Waals surface area contributed by atoms with Crippen molar-refractivity contribution in [2.45, 2.75) is 38.5 Å². The molecule has 0 saturated heterocycles. The molecule has 0 unspecified atom stereocenters. The van der Waals surface area contributed by atoms with E-state index in [1.54, 1.807) is 13.8 Å². The number of benzene rings is 1. The Hall–Kier alpha value is -1.07. The number of nitrogens with one attached hydrogen (secondary N) is 1. The van der Waals surface area contributed by atoms with Gasteiger partial charge in [-0.25, -0.2) is 8.42 Å². The Morgan fingerprint density at radius 2 is 2.00 bits per heavy atom. The zero-order valence-corrected chi connectivity index (χ0v) is 13.6. The van der Waals surface area contributed by atoms with E-state index in [2.05, 4.69) is 12.2 Å². The zero-order valence-electron chi connectivity index (χ0n) is 12.8. The molecule has 0 aromatic heterocycles. The van der Waals surface area contributed by atoms with Crippen LogP contribution < -0.4 is 10.1 Å². The van der Waals surface area contributed by atoms with E-state index in [1.165, 1.54) is 6.26 Å². The lowest BCUT2D eigenvalue weighted by Gasteiger charge is -2.22. The fraction of sp³-hybridized carbons (Fsp3) is 0.600. The molecule has 0 aliphatic carbocycles. The molecule has 1 rings (SSSR count). The summed E-state index contributed by atoms with van der Waals surface area (Å²) in [6.07, 6.45) is 2.25. The van der Waals surface area contributed by atoms with Crippen molar-refractivity contribution in [3.8, 4) is 5.75 Å². The molecule has 114 valence electrons. The van der Waals surface area contributed by atoms with Gasteiger partial charge < -0.3 is 10.1 Å². The largest absolute Gasteiger partial charge is 0.494 e. The van der Waals surface area contributed by atoms with Gasteiger partial charge in [-0.05, 0) is 38.0 Å². The van der Waals surface area contributed by atoms with Crippen LogP contribution in [0.5, 0.6) is 5.75 Å². The number of ether oxygens (including phenoxy) is 1. The highest BCUT2D eigenvalue weighted by Gasteiger charge is 2.29. The van der Waals surface area contributed by atoms with E-state index in [0.29, 0.717) is 19.7 Å². The summed E-state index contributed by atoms with van der Waals surface area (Å²) in [4.78, 5) is 0. The van der Waals surface area contributed by atoms with Gasteiger partial charge in [0.15, 0.2) is 9.84 Å². The van der Waals surface area contributed by atoms with Gasteiger partial charge in [0.1, 0.15) is 5.75 Å². The van der Waals surface area contributed by atoms with Crippen LogP contribution in [0.2, 0.25) is 0 Å². The first-order valence-corrected chi connectivity index (χ1v) is 8.77. The Labute approximate surface area is 122 Å². The van der Waals surface area contributed by atoms with Crippen molar-refractivity contribution in [2.75, 3.05) is 19.4 Å². The second-order valence-electron chi connectivity index (χ2n) is 5.63. The first kappa shape index (κ1) is 17.0. The van der Waals surface area contributed by atoms with Crippen molar-refractivity contribution >= 4 is 9.84 Å². The lowest BCUT2D eigenvalue weighted by atomic mass is 10.2. The predicted molar refractivity (Wildman–Crippen MR) is 82.9 cm³/mol. The fourth-order valence-corrected chi connectivity index (χ4v) is 1.97.